The monoisotopic (exact) mass is 172 g/mol. The molecule has 1 fully saturated rings. The first-order valence-electron chi connectivity index (χ1n) is 4.82. The van der Waals surface area contributed by atoms with Gasteiger partial charge in [0.1, 0.15) is 0 Å². The molecule has 0 amide bonds. The van der Waals surface area contributed by atoms with Gasteiger partial charge in [0.05, 0.1) is 12.2 Å². The van der Waals surface area contributed by atoms with Gasteiger partial charge in [-0.2, -0.15) is 0 Å². The van der Waals surface area contributed by atoms with E-state index in [2.05, 4.69) is 6.92 Å². The second-order valence-electron chi connectivity index (χ2n) is 4.33. The fourth-order valence-electron chi connectivity index (χ4n) is 1.95. The minimum atomic E-state index is -0.526. The van der Waals surface area contributed by atoms with Gasteiger partial charge < -0.3 is 9.84 Å². The predicted molar refractivity (Wildman–Crippen MR) is 49.1 cm³/mol. The highest BCUT2D eigenvalue weighted by atomic mass is 16.5. The predicted octanol–water partition coefficient (Wildman–Crippen LogP) is 1.96. The summed E-state index contributed by atoms with van der Waals surface area (Å²) in [5, 5.41) is 10.1. The molecule has 2 unspecified atom stereocenters. The summed E-state index contributed by atoms with van der Waals surface area (Å²) in [4.78, 5) is 0. The first kappa shape index (κ1) is 10.0. The minimum Gasteiger partial charge on any atom is -0.390 e. The summed E-state index contributed by atoms with van der Waals surface area (Å²) >= 11 is 0. The van der Waals surface area contributed by atoms with Crippen LogP contribution in [0.5, 0.6) is 0 Å². The highest BCUT2D eigenvalue weighted by molar-refractivity contribution is 4.98. The standard InChI is InChI=1S/C10H20O2/c1-4-12-8-9(2)6-5-7-10(9,3)11/h11H,4-8H2,1-3H3. The lowest BCUT2D eigenvalue weighted by Crippen LogP contribution is -2.42. The number of rotatable bonds is 3. The van der Waals surface area contributed by atoms with Crippen LogP contribution in [0.25, 0.3) is 0 Å². The van der Waals surface area contributed by atoms with Crippen molar-refractivity contribution >= 4 is 0 Å². The zero-order chi connectivity index (χ0) is 9.24. The van der Waals surface area contributed by atoms with Gasteiger partial charge in [-0.25, -0.2) is 0 Å². The fraction of sp³-hybridized carbons (Fsp3) is 1.00. The zero-order valence-corrected chi connectivity index (χ0v) is 8.39. The van der Waals surface area contributed by atoms with Crippen molar-refractivity contribution in [2.75, 3.05) is 13.2 Å². The van der Waals surface area contributed by atoms with E-state index in [0.29, 0.717) is 6.61 Å². The average molecular weight is 172 g/mol. The smallest absolute Gasteiger partial charge is 0.0695 e. The Bertz CT molecular complexity index is 154. The molecule has 0 aliphatic heterocycles. The molecule has 0 bridgehead atoms. The molecule has 0 heterocycles. The topological polar surface area (TPSA) is 29.5 Å². The molecular formula is C10H20O2. The van der Waals surface area contributed by atoms with Crippen molar-refractivity contribution in [3.05, 3.63) is 0 Å². The maximum atomic E-state index is 10.1. The van der Waals surface area contributed by atoms with Gasteiger partial charge in [-0.15, -0.1) is 0 Å². The highest BCUT2D eigenvalue weighted by Crippen LogP contribution is 2.46. The third-order valence-corrected chi connectivity index (χ3v) is 3.32. The molecule has 1 N–H and O–H groups in total. The molecule has 0 spiro atoms. The van der Waals surface area contributed by atoms with Crippen molar-refractivity contribution in [1.29, 1.82) is 0 Å². The first-order chi connectivity index (χ1) is 5.52. The lowest BCUT2D eigenvalue weighted by Gasteiger charge is -2.36. The van der Waals surface area contributed by atoms with Crippen LogP contribution in [0.4, 0.5) is 0 Å². The van der Waals surface area contributed by atoms with Crippen molar-refractivity contribution in [2.45, 2.75) is 45.6 Å². The number of hydrogen-bond donors (Lipinski definition) is 1. The van der Waals surface area contributed by atoms with E-state index in [1.54, 1.807) is 0 Å². The Kier molecular flexibility index (Phi) is 2.79. The molecular weight excluding hydrogens is 152 g/mol. The van der Waals surface area contributed by atoms with Crippen LogP contribution in [-0.4, -0.2) is 23.9 Å². The van der Waals surface area contributed by atoms with Crippen molar-refractivity contribution in [2.24, 2.45) is 5.41 Å². The van der Waals surface area contributed by atoms with E-state index in [-0.39, 0.29) is 5.41 Å². The number of aliphatic hydroxyl groups is 1. The van der Waals surface area contributed by atoms with Crippen LogP contribution in [0.1, 0.15) is 40.0 Å². The van der Waals surface area contributed by atoms with Gasteiger partial charge in [0.15, 0.2) is 0 Å². The Hall–Kier alpha value is -0.0800. The van der Waals surface area contributed by atoms with Gasteiger partial charge in [0.25, 0.3) is 0 Å². The largest absolute Gasteiger partial charge is 0.390 e. The van der Waals surface area contributed by atoms with Crippen molar-refractivity contribution in [3.8, 4) is 0 Å². The second kappa shape index (κ2) is 3.35. The molecule has 0 aromatic carbocycles. The maximum absolute atomic E-state index is 10.1. The van der Waals surface area contributed by atoms with Crippen LogP contribution in [-0.2, 0) is 4.74 Å². The van der Waals surface area contributed by atoms with Crippen LogP contribution in [0.15, 0.2) is 0 Å². The normalized spacial score (nSPS) is 42.0. The van der Waals surface area contributed by atoms with E-state index in [1.807, 2.05) is 13.8 Å². The van der Waals surface area contributed by atoms with Crippen LogP contribution >= 0.6 is 0 Å². The van der Waals surface area contributed by atoms with E-state index < -0.39 is 5.60 Å². The van der Waals surface area contributed by atoms with E-state index in [9.17, 15) is 5.11 Å². The average Bonchev–Trinajstić information content (AvgIpc) is 2.24. The molecule has 2 heteroatoms. The minimum absolute atomic E-state index is 0.0248. The van der Waals surface area contributed by atoms with E-state index in [4.69, 9.17) is 4.74 Å². The molecule has 2 nitrogen and oxygen atoms in total. The third-order valence-electron chi connectivity index (χ3n) is 3.32. The SMILES string of the molecule is CCOCC1(C)CCCC1(C)O. The van der Waals surface area contributed by atoms with Crippen molar-refractivity contribution in [3.63, 3.8) is 0 Å². The van der Waals surface area contributed by atoms with Gasteiger partial charge in [-0.1, -0.05) is 6.92 Å². The zero-order valence-electron chi connectivity index (χ0n) is 8.39. The summed E-state index contributed by atoms with van der Waals surface area (Å²) in [5.41, 5.74) is -0.550. The Morgan fingerprint density at radius 2 is 2.00 bits per heavy atom. The Morgan fingerprint density at radius 1 is 1.33 bits per heavy atom. The lowest BCUT2D eigenvalue weighted by molar-refractivity contribution is -0.0785. The first-order valence-corrected chi connectivity index (χ1v) is 4.82. The molecule has 1 aliphatic carbocycles. The Labute approximate surface area is 74.9 Å². The molecule has 1 aliphatic rings. The van der Waals surface area contributed by atoms with Gasteiger partial charge >= 0.3 is 0 Å². The molecule has 2 atom stereocenters. The van der Waals surface area contributed by atoms with Crippen LogP contribution in [0.2, 0.25) is 0 Å². The second-order valence-corrected chi connectivity index (χ2v) is 4.33. The van der Waals surface area contributed by atoms with Gasteiger partial charge in [-0.05, 0) is 33.1 Å². The van der Waals surface area contributed by atoms with Crippen LogP contribution in [0.3, 0.4) is 0 Å². The van der Waals surface area contributed by atoms with Gasteiger partial charge in [0.2, 0.25) is 0 Å². The maximum Gasteiger partial charge on any atom is 0.0695 e. The Morgan fingerprint density at radius 3 is 2.42 bits per heavy atom. The summed E-state index contributed by atoms with van der Waals surface area (Å²) in [7, 11) is 0. The highest BCUT2D eigenvalue weighted by Gasteiger charge is 2.47. The van der Waals surface area contributed by atoms with E-state index in [0.717, 1.165) is 25.9 Å². The fourth-order valence-corrected chi connectivity index (χ4v) is 1.95. The van der Waals surface area contributed by atoms with E-state index in [1.165, 1.54) is 0 Å². The molecule has 0 saturated heterocycles. The third kappa shape index (κ3) is 1.64. The number of ether oxygens (including phenoxy) is 1. The summed E-state index contributed by atoms with van der Waals surface area (Å²) in [5.74, 6) is 0. The Balaban J connectivity index is 2.56. The molecule has 0 radical (unpaired) electrons. The van der Waals surface area contributed by atoms with Gasteiger partial charge in [-0.3, -0.25) is 0 Å². The van der Waals surface area contributed by atoms with Crippen molar-refractivity contribution in [1.82, 2.24) is 0 Å². The van der Waals surface area contributed by atoms with E-state index >= 15 is 0 Å². The molecule has 0 aromatic heterocycles. The molecule has 12 heavy (non-hydrogen) atoms. The summed E-state index contributed by atoms with van der Waals surface area (Å²) in [6, 6.07) is 0. The molecule has 1 saturated carbocycles. The summed E-state index contributed by atoms with van der Waals surface area (Å²) in [6.07, 6.45) is 3.12. The molecule has 72 valence electrons. The number of hydrogen-bond acceptors (Lipinski definition) is 2. The summed E-state index contributed by atoms with van der Waals surface area (Å²) < 4.78 is 5.40. The molecule has 1 rings (SSSR count). The quantitative estimate of drug-likeness (QED) is 0.705. The molecule has 0 aromatic rings. The van der Waals surface area contributed by atoms with Crippen molar-refractivity contribution < 1.29 is 9.84 Å². The lowest BCUT2D eigenvalue weighted by atomic mass is 9.78. The van der Waals surface area contributed by atoms with Crippen LogP contribution < -0.4 is 0 Å². The van der Waals surface area contributed by atoms with Crippen LogP contribution in [0, 0.1) is 5.41 Å². The summed E-state index contributed by atoms with van der Waals surface area (Å²) in [6.45, 7) is 7.48. The van der Waals surface area contributed by atoms with Gasteiger partial charge in [0, 0.05) is 12.0 Å².